The summed E-state index contributed by atoms with van der Waals surface area (Å²) < 4.78 is 6.44. The third-order valence-corrected chi connectivity index (χ3v) is 7.17. The van der Waals surface area contributed by atoms with E-state index in [1.54, 1.807) is 0 Å². The summed E-state index contributed by atoms with van der Waals surface area (Å²) in [5.74, 6) is -0.224. The molecule has 1 rings (SSSR count). The number of likely N-dealkylation sites (N-methyl/N-ethyl adjacent to an activating group) is 1. The van der Waals surface area contributed by atoms with Gasteiger partial charge < -0.3 is 14.1 Å². The average Bonchev–Trinajstić information content (AvgIpc) is 2.83. The number of esters is 1. The maximum absolute atomic E-state index is 12.3. The summed E-state index contributed by atoms with van der Waals surface area (Å²) in [4.78, 5) is 14.3. The van der Waals surface area contributed by atoms with Gasteiger partial charge in [0, 0.05) is 19.8 Å². The Morgan fingerprint density at radius 1 is 0.686 bits per heavy atom. The molecule has 0 aliphatic rings. The summed E-state index contributed by atoms with van der Waals surface area (Å²) in [6, 6.07) is 7.59. The van der Waals surface area contributed by atoms with Gasteiger partial charge in [-0.05, 0) is 37.1 Å². The van der Waals surface area contributed by atoms with E-state index in [0.717, 1.165) is 23.3 Å². The summed E-state index contributed by atoms with van der Waals surface area (Å²) in [6.45, 7) is 4.77. The number of benzene rings is 1. The molecule has 0 saturated heterocycles. The number of rotatable bonds is 22. The third kappa shape index (κ3) is 16.7. The van der Waals surface area contributed by atoms with E-state index in [9.17, 15) is 4.79 Å². The summed E-state index contributed by atoms with van der Waals surface area (Å²) in [5.41, 5.74) is 1.71. The summed E-state index contributed by atoms with van der Waals surface area (Å²) in [5, 5.41) is 0. The van der Waals surface area contributed by atoms with E-state index in [2.05, 4.69) is 21.0 Å². The van der Waals surface area contributed by atoms with E-state index < -0.39 is 0 Å². The van der Waals surface area contributed by atoms with Gasteiger partial charge >= 0.3 is 5.97 Å². The minimum Gasteiger partial charge on any atom is -0.456 e. The van der Waals surface area contributed by atoms with Crippen LogP contribution in [0.25, 0.3) is 0 Å². The van der Waals surface area contributed by atoms with Crippen molar-refractivity contribution < 1.29 is 14.0 Å². The molecular formula is C31H57N2O2+. The Morgan fingerprint density at radius 2 is 1.11 bits per heavy atom. The van der Waals surface area contributed by atoms with Crippen LogP contribution in [0.2, 0.25) is 0 Å². The number of hydrogen-bond acceptors (Lipinski definition) is 3. The minimum atomic E-state index is -0.224. The largest absolute Gasteiger partial charge is 0.456 e. The molecule has 0 unspecified atom stereocenters. The Morgan fingerprint density at radius 3 is 1.54 bits per heavy atom. The quantitative estimate of drug-likeness (QED) is 0.0932. The Balaban J connectivity index is 1.95. The maximum Gasteiger partial charge on any atom is 0.338 e. The van der Waals surface area contributed by atoms with Crippen molar-refractivity contribution in [3.8, 4) is 0 Å². The number of unbranched alkanes of at least 4 members (excludes halogenated alkanes) is 15. The highest BCUT2D eigenvalue weighted by Gasteiger charge is 2.16. The van der Waals surface area contributed by atoms with Gasteiger partial charge in [0.25, 0.3) is 0 Å². The van der Waals surface area contributed by atoms with Crippen molar-refractivity contribution in [1.29, 1.82) is 0 Å². The molecule has 0 amide bonds. The van der Waals surface area contributed by atoms with Gasteiger partial charge in [-0.15, -0.1) is 0 Å². The summed E-state index contributed by atoms with van der Waals surface area (Å²) >= 11 is 0. The standard InChI is InChI=1S/C31H57N2O2/c1-6-7-8-9-10-11-12-13-14-15-16-17-18-19-20-21-26-33(4,5)27-28-35-31(34)29-22-24-30(25-23-29)32(2)3/h22-25H,6-21,26-28H2,1-5H3/q+1. The molecule has 202 valence electrons. The number of carbonyl (C=O) groups excluding carboxylic acids is 1. The zero-order chi connectivity index (χ0) is 25.8. The molecule has 0 fully saturated rings. The van der Waals surface area contributed by atoms with Crippen molar-refractivity contribution in [3.05, 3.63) is 29.8 Å². The van der Waals surface area contributed by atoms with Crippen LogP contribution in [-0.4, -0.2) is 58.3 Å². The van der Waals surface area contributed by atoms with Crippen LogP contribution in [0.4, 0.5) is 5.69 Å². The third-order valence-electron chi connectivity index (χ3n) is 7.17. The molecule has 0 saturated carbocycles. The molecule has 4 nitrogen and oxygen atoms in total. The van der Waals surface area contributed by atoms with Crippen LogP contribution in [0.15, 0.2) is 24.3 Å². The van der Waals surface area contributed by atoms with Crippen molar-refractivity contribution >= 4 is 11.7 Å². The van der Waals surface area contributed by atoms with E-state index in [-0.39, 0.29) is 5.97 Å². The van der Waals surface area contributed by atoms with E-state index in [1.165, 1.54) is 103 Å². The number of nitrogens with zero attached hydrogens (tertiary/aromatic N) is 2. The van der Waals surface area contributed by atoms with Gasteiger partial charge in [-0.2, -0.15) is 0 Å². The lowest BCUT2D eigenvalue weighted by molar-refractivity contribution is -0.890. The molecule has 35 heavy (non-hydrogen) atoms. The predicted octanol–water partition coefficient (Wildman–Crippen LogP) is 8.25. The first-order chi connectivity index (χ1) is 16.9. The van der Waals surface area contributed by atoms with Crippen molar-refractivity contribution in [2.45, 2.75) is 110 Å². The normalized spacial score (nSPS) is 11.6. The van der Waals surface area contributed by atoms with Crippen LogP contribution in [-0.2, 0) is 4.74 Å². The number of carbonyl (C=O) groups is 1. The molecule has 0 atom stereocenters. The maximum atomic E-state index is 12.3. The zero-order valence-electron chi connectivity index (χ0n) is 24.0. The van der Waals surface area contributed by atoms with Crippen molar-refractivity contribution in [3.63, 3.8) is 0 Å². The molecule has 1 aromatic carbocycles. The first-order valence-electron chi connectivity index (χ1n) is 14.6. The number of ether oxygens (including phenoxy) is 1. The van der Waals surface area contributed by atoms with E-state index in [0.29, 0.717) is 12.2 Å². The van der Waals surface area contributed by atoms with Gasteiger partial charge in [0.2, 0.25) is 0 Å². The molecule has 0 aliphatic carbocycles. The first kappa shape index (κ1) is 31.5. The Bertz CT molecular complexity index is 640. The van der Waals surface area contributed by atoms with Gasteiger partial charge in [-0.1, -0.05) is 96.8 Å². The lowest BCUT2D eigenvalue weighted by Crippen LogP contribution is -2.43. The van der Waals surface area contributed by atoms with Crippen molar-refractivity contribution in [2.24, 2.45) is 0 Å². The molecule has 0 radical (unpaired) electrons. The molecule has 0 heterocycles. The highest BCUT2D eigenvalue weighted by Crippen LogP contribution is 2.15. The number of hydrogen-bond donors (Lipinski definition) is 0. The van der Waals surface area contributed by atoms with Gasteiger partial charge in [0.1, 0.15) is 13.2 Å². The molecular weight excluding hydrogens is 432 g/mol. The van der Waals surface area contributed by atoms with Gasteiger partial charge in [0.15, 0.2) is 0 Å². The highest BCUT2D eigenvalue weighted by atomic mass is 16.5. The fraction of sp³-hybridized carbons (Fsp3) is 0.774. The van der Waals surface area contributed by atoms with Crippen LogP contribution >= 0.6 is 0 Å². The fourth-order valence-corrected chi connectivity index (χ4v) is 4.56. The molecule has 4 heteroatoms. The zero-order valence-corrected chi connectivity index (χ0v) is 24.0. The molecule has 0 aromatic heterocycles. The molecule has 0 spiro atoms. The number of quaternary nitrogens is 1. The second-order valence-electron chi connectivity index (χ2n) is 11.3. The Kier molecular flexibility index (Phi) is 17.6. The Hall–Kier alpha value is -1.55. The van der Waals surface area contributed by atoms with Crippen LogP contribution in [0.5, 0.6) is 0 Å². The number of anilines is 1. The molecule has 0 N–H and O–H groups in total. The Labute approximate surface area is 218 Å². The van der Waals surface area contributed by atoms with Gasteiger partial charge in [-0.3, -0.25) is 0 Å². The molecule has 0 bridgehead atoms. The van der Waals surface area contributed by atoms with Crippen LogP contribution < -0.4 is 4.90 Å². The topological polar surface area (TPSA) is 29.5 Å². The van der Waals surface area contributed by atoms with Crippen LogP contribution in [0, 0.1) is 0 Å². The lowest BCUT2D eigenvalue weighted by atomic mass is 10.0. The monoisotopic (exact) mass is 489 g/mol. The van der Waals surface area contributed by atoms with E-state index >= 15 is 0 Å². The predicted molar refractivity (Wildman–Crippen MR) is 152 cm³/mol. The lowest BCUT2D eigenvalue weighted by Gasteiger charge is -2.29. The SMILES string of the molecule is CCCCCCCCCCCCCCCCCC[N+](C)(C)CCOC(=O)c1ccc(N(C)C)cc1. The molecule has 0 aliphatic heterocycles. The van der Waals surface area contributed by atoms with E-state index in [4.69, 9.17) is 4.74 Å². The second kappa shape index (κ2) is 19.6. The summed E-state index contributed by atoms with van der Waals surface area (Å²) in [6.07, 6.45) is 22.5. The minimum absolute atomic E-state index is 0.224. The van der Waals surface area contributed by atoms with Crippen molar-refractivity contribution in [2.75, 3.05) is 52.8 Å². The first-order valence-corrected chi connectivity index (χ1v) is 14.6. The smallest absolute Gasteiger partial charge is 0.338 e. The van der Waals surface area contributed by atoms with Crippen molar-refractivity contribution in [1.82, 2.24) is 0 Å². The van der Waals surface area contributed by atoms with Crippen LogP contribution in [0.1, 0.15) is 120 Å². The van der Waals surface area contributed by atoms with Gasteiger partial charge in [-0.25, -0.2) is 4.79 Å². The highest BCUT2D eigenvalue weighted by molar-refractivity contribution is 5.89. The molecule has 1 aromatic rings. The average molecular weight is 490 g/mol. The van der Waals surface area contributed by atoms with Gasteiger partial charge in [0.05, 0.1) is 26.2 Å². The fourth-order valence-electron chi connectivity index (χ4n) is 4.56. The van der Waals surface area contributed by atoms with E-state index in [1.807, 2.05) is 43.3 Å². The summed E-state index contributed by atoms with van der Waals surface area (Å²) in [7, 11) is 8.47. The van der Waals surface area contributed by atoms with Crippen LogP contribution in [0.3, 0.4) is 0 Å². The second-order valence-corrected chi connectivity index (χ2v) is 11.3.